The summed E-state index contributed by atoms with van der Waals surface area (Å²) in [5, 5.41) is 12.4. The molecular formula is C14H15ClN2O4. The van der Waals surface area contributed by atoms with Crippen molar-refractivity contribution in [1.82, 2.24) is 10.2 Å². The Morgan fingerprint density at radius 2 is 2.10 bits per heavy atom. The van der Waals surface area contributed by atoms with Gasteiger partial charge in [-0.1, -0.05) is 11.6 Å². The molecule has 1 heterocycles. The number of benzene rings is 1. The summed E-state index contributed by atoms with van der Waals surface area (Å²) in [6, 6.07) is 2.58. The molecule has 0 saturated carbocycles. The molecule has 0 atom stereocenters. The largest absolute Gasteiger partial charge is 0.503 e. The molecule has 1 fully saturated rings. The van der Waals surface area contributed by atoms with Gasteiger partial charge in [-0.05, 0) is 37.6 Å². The number of phenols is 1. The van der Waals surface area contributed by atoms with Gasteiger partial charge in [-0.15, -0.1) is 0 Å². The fourth-order valence-corrected chi connectivity index (χ4v) is 2.19. The molecule has 2 N–H and O–H groups in total. The predicted molar refractivity (Wildman–Crippen MR) is 78.2 cm³/mol. The van der Waals surface area contributed by atoms with E-state index in [2.05, 4.69) is 5.32 Å². The van der Waals surface area contributed by atoms with E-state index in [1.807, 2.05) is 0 Å². The van der Waals surface area contributed by atoms with Crippen LogP contribution in [0.1, 0.15) is 19.4 Å². The summed E-state index contributed by atoms with van der Waals surface area (Å²) in [5.41, 5.74) is 0.703. The number of hydrogen-bond donors (Lipinski definition) is 2. The number of urea groups is 1. The third-order valence-electron chi connectivity index (χ3n) is 2.94. The maximum atomic E-state index is 12.0. The lowest BCUT2D eigenvalue weighted by Crippen LogP contribution is -2.30. The molecule has 1 saturated heterocycles. The average molecular weight is 311 g/mol. The minimum absolute atomic E-state index is 0.108. The van der Waals surface area contributed by atoms with Crippen LogP contribution in [0.15, 0.2) is 17.8 Å². The van der Waals surface area contributed by atoms with E-state index in [1.165, 1.54) is 12.1 Å². The number of likely N-dealkylation sites (N-methyl/N-ethyl adjacent to an activating group) is 1. The third-order valence-corrected chi connectivity index (χ3v) is 3.23. The maximum Gasteiger partial charge on any atom is 0.328 e. The molecule has 0 aromatic heterocycles. The summed E-state index contributed by atoms with van der Waals surface area (Å²) in [6.07, 6.45) is 1.49. The number of phenolic OH excluding ortho intramolecular Hbond substituents is 1. The predicted octanol–water partition coefficient (Wildman–Crippen LogP) is 2.36. The van der Waals surface area contributed by atoms with Gasteiger partial charge in [-0.2, -0.15) is 0 Å². The molecular weight excluding hydrogens is 296 g/mol. The summed E-state index contributed by atoms with van der Waals surface area (Å²) < 4.78 is 5.27. The van der Waals surface area contributed by atoms with E-state index < -0.39 is 11.9 Å². The second kappa shape index (κ2) is 6.05. The topological polar surface area (TPSA) is 78.9 Å². The third kappa shape index (κ3) is 2.95. The Bertz CT molecular complexity index is 628. The number of imide groups is 1. The molecule has 112 valence electrons. The highest BCUT2D eigenvalue weighted by atomic mass is 35.5. The number of nitrogens with one attached hydrogen (secondary N) is 1. The molecule has 1 aromatic carbocycles. The minimum atomic E-state index is -0.455. The van der Waals surface area contributed by atoms with Crippen LogP contribution in [0, 0.1) is 0 Å². The van der Waals surface area contributed by atoms with Crippen molar-refractivity contribution in [3.05, 3.63) is 28.4 Å². The van der Waals surface area contributed by atoms with Crippen LogP contribution >= 0.6 is 11.6 Å². The first kappa shape index (κ1) is 15.2. The van der Waals surface area contributed by atoms with Gasteiger partial charge < -0.3 is 15.2 Å². The first-order valence-corrected chi connectivity index (χ1v) is 6.85. The van der Waals surface area contributed by atoms with Crippen LogP contribution in [0.4, 0.5) is 4.79 Å². The van der Waals surface area contributed by atoms with Gasteiger partial charge in [0.1, 0.15) is 5.70 Å². The number of rotatable bonds is 4. The highest BCUT2D eigenvalue weighted by Gasteiger charge is 2.32. The molecule has 0 radical (unpaired) electrons. The Morgan fingerprint density at radius 1 is 1.38 bits per heavy atom. The van der Waals surface area contributed by atoms with Gasteiger partial charge in [-0.3, -0.25) is 9.69 Å². The van der Waals surface area contributed by atoms with Crippen LogP contribution in [0.3, 0.4) is 0 Å². The standard InChI is InChI=1S/C14H15ClN2O4/c1-3-17-13(19)10(16-14(17)20)6-8-5-9(15)12(18)11(7-8)21-4-2/h5-7,18H,3-4H2,1-2H3,(H,16,20)/b10-6+. The maximum absolute atomic E-state index is 12.0. The Balaban J connectivity index is 2.37. The highest BCUT2D eigenvalue weighted by Crippen LogP contribution is 2.36. The zero-order chi connectivity index (χ0) is 15.6. The van der Waals surface area contributed by atoms with E-state index in [1.54, 1.807) is 19.9 Å². The Morgan fingerprint density at radius 3 is 2.67 bits per heavy atom. The molecule has 6 nitrogen and oxygen atoms in total. The molecule has 7 heteroatoms. The van der Waals surface area contributed by atoms with E-state index in [4.69, 9.17) is 16.3 Å². The van der Waals surface area contributed by atoms with Crippen LogP contribution in [-0.2, 0) is 4.79 Å². The lowest BCUT2D eigenvalue weighted by molar-refractivity contribution is -0.122. The summed E-state index contributed by atoms with van der Waals surface area (Å²) >= 11 is 5.92. The fourth-order valence-electron chi connectivity index (χ4n) is 1.97. The van der Waals surface area contributed by atoms with Gasteiger partial charge in [0.15, 0.2) is 11.5 Å². The quantitative estimate of drug-likeness (QED) is 0.661. The molecule has 1 aromatic rings. The lowest BCUT2D eigenvalue weighted by atomic mass is 10.1. The number of carbonyl (C=O) groups is 2. The Hall–Kier alpha value is -2.21. The number of amides is 3. The minimum Gasteiger partial charge on any atom is -0.503 e. The number of aromatic hydroxyl groups is 1. The first-order chi connectivity index (χ1) is 9.97. The highest BCUT2D eigenvalue weighted by molar-refractivity contribution is 6.32. The smallest absolute Gasteiger partial charge is 0.328 e. The number of carbonyl (C=O) groups excluding carboxylic acids is 2. The van der Waals surface area contributed by atoms with E-state index in [9.17, 15) is 14.7 Å². The van der Waals surface area contributed by atoms with Gasteiger partial charge in [-0.25, -0.2) is 4.79 Å². The molecule has 3 amide bonds. The Labute approximate surface area is 126 Å². The molecule has 0 aliphatic carbocycles. The molecule has 0 spiro atoms. The van der Waals surface area contributed by atoms with E-state index in [0.717, 1.165) is 4.90 Å². The summed E-state index contributed by atoms with van der Waals surface area (Å²) in [4.78, 5) is 24.6. The Kier molecular flexibility index (Phi) is 4.37. The van der Waals surface area contributed by atoms with Crippen molar-refractivity contribution in [2.75, 3.05) is 13.2 Å². The van der Waals surface area contributed by atoms with Crippen LogP contribution in [0.5, 0.6) is 11.5 Å². The van der Waals surface area contributed by atoms with Crippen molar-refractivity contribution in [3.63, 3.8) is 0 Å². The van der Waals surface area contributed by atoms with Gasteiger partial charge in [0.2, 0.25) is 0 Å². The van der Waals surface area contributed by atoms with Crippen molar-refractivity contribution in [3.8, 4) is 11.5 Å². The fraction of sp³-hybridized carbons (Fsp3) is 0.286. The zero-order valence-corrected chi connectivity index (χ0v) is 12.4. The van der Waals surface area contributed by atoms with E-state index in [0.29, 0.717) is 18.7 Å². The van der Waals surface area contributed by atoms with Gasteiger partial charge in [0.25, 0.3) is 5.91 Å². The second-order valence-corrected chi connectivity index (χ2v) is 4.73. The average Bonchev–Trinajstić information content (AvgIpc) is 2.70. The summed E-state index contributed by atoms with van der Waals surface area (Å²) in [5.74, 6) is -0.330. The summed E-state index contributed by atoms with van der Waals surface area (Å²) in [6.45, 7) is 4.15. The monoisotopic (exact) mass is 310 g/mol. The molecule has 2 rings (SSSR count). The van der Waals surface area contributed by atoms with E-state index >= 15 is 0 Å². The van der Waals surface area contributed by atoms with Gasteiger partial charge in [0, 0.05) is 6.54 Å². The van der Waals surface area contributed by atoms with Crippen molar-refractivity contribution >= 4 is 29.6 Å². The SMILES string of the molecule is CCOc1cc(/C=C2/NC(=O)N(CC)C2=O)cc(Cl)c1O. The van der Waals surface area contributed by atoms with Crippen molar-refractivity contribution in [2.24, 2.45) is 0 Å². The summed E-state index contributed by atoms with van der Waals surface area (Å²) in [7, 11) is 0. The molecule has 1 aliphatic heterocycles. The van der Waals surface area contributed by atoms with Crippen molar-refractivity contribution in [2.45, 2.75) is 13.8 Å². The van der Waals surface area contributed by atoms with Crippen LogP contribution in [-0.4, -0.2) is 35.1 Å². The molecule has 0 bridgehead atoms. The van der Waals surface area contributed by atoms with Gasteiger partial charge in [0.05, 0.1) is 11.6 Å². The molecule has 21 heavy (non-hydrogen) atoms. The molecule has 1 aliphatic rings. The second-order valence-electron chi connectivity index (χ2n) is 4.32. The van der Waals surface area contributed by atoms with Crippen LogP contribution < -0.4 is 10.1 Å². The van der Waals surface area contributed by atoms with Crippen LogP contribution in [0.25, 0.3) is 6.08 Å². The van der Waals surface area contributed by atoms with E-state index in [-0.39, 0.29) is 22.2 Å². The van der Waals surface area contributed by atoms with Crippen molar-refractivity contribution in [1.29, 1.82) is 0 Å². The number of hydrogen-bond acceptors (Lipinski definition) is 4. The number of halogens is 1. The lowest BCUT2D eigenvalue weighted by Gasteiger charge is -2.09. The van der Waals surface area contributed by atoms with Crippen molar-refractivity contribution < 1.29 is 19.4 Å². The number of ether oxygens (including phenoxy) is 1. The van der Waals surface area contributed by atoms with Crippen LogP contribution in [0.2, 0.25) is 5.02 Å². The first-order valence-electron chi connectivity index (χ1n) is 6.47. The number of nitrogens with zero attached hydrogens (tertiary/aromatic N) is 1. The normalized spacial score (nSPS) is 16.5. The molecule has 0 unspecified atom stereocenters. The zero-order valence-electron chi connectivity index (χ0n) is 11.6. The van der Waals surface area contributed by atoms with Gasteiger partial charge >= 0.3 is 6.03 Å².